The smallest absolute Gasteiger partial charge is 0.0613 e. The molecule has 1 fully saturated rings. The van der Waals surface area contributed by atoms with E-state index < -0.39 is 0 Å². The second-order valence-electron chi connectivity index (χ2n) is 5.21. The zero-order chi connectivity index (χ0) is 12.0. The van der Waals surface area contributed by atoms with Gasteiger partial charge in [0.1, 0.15) is 0 Å². The van der Waals surface area contributed by atoms with Crippen molar-refractivity contribution < 1.29 is 4.74 Å². The molecule has 1 saturated heterocycles. The van der Waals surface area contributed by atoms with Crippen LogP contribution in [-0.4, -0.2) is 12.2 Å². The second-order valence-corrected chi connectivity index (χ2v) is 5.21. The van der Waals surface area contributed by atoms with Crippen molar-refractivity contribution >= 4 is 0 Å². The van der Waals surface area contributed by atoms with Gasteiger partial charge in [0.25, 0.3) is 0 Å². The molecule has 1 aliphatic heterocycles. The first-order valence-corrected chi connectivity index (χ1v) is 6.99. The topological polar surface area (TPSA) is 9.23 Å². The molecule has 0 aromatic carbocycles. The number of hydrogen-bond donors (Lipinski definition) is 0. The summed E-state index contributed by atoms with van der Waals surface area (Å²) in [5.41, 5.74) is 0. The Hall–Kier alpha value is -0.300. The van der Waals surface area contributed by atoms with Crippen LogP contribution in [0.25, 0.3) is 0 Å². The van der Waals surface area contributed by atoms with Gasteiger partial charge in [-0.3, -0.25) is 0 Å². The third kappa shape index (κ3) is 3.62. The average Bonchev–Trinajstić information content (AvgIpc) is 2.65. The van der Waals surface area contributed by atoms with Crippen LogP contribution < -0.4 is 0 Å². The molecule has 94 valence electrons. The van der Waals surface area contributed by atoms with Gasteiger partial charge in [-0.2, -0.15) is 0 Å². The lowest BCUT2D eigenvalue weighted by Gasteiger charge is -2.22. The molecule has 0 aromatic heterocycles. The second kappa shape index (κ2) is 7.11. The van der Waals surface area contributed by atoms with Crippen molar-refractivity contribution in [3.05, 3.63) is 12.7 Å². The molecule has 1 aliphatic rings. The number of unbranched alkanes of at least 4 members (excludes halogenated alkanes) is 1. The Labute approximate surface area is 101 Å². The van der Waals surface area contributed by atoms with E-state index in [0.717, 1.165) is 12.3 Å². The number of rotatable bonds is 7. The van der Waals surface area contributed by atoms with Gasteiger partial charge in [0.2, 0.25) is 0 Å². The molecule has 0 amide bonds. The predicted molar refractivity (Wildman–Crippen MR) is 70.6 cm³/mol. The highest BCUT2D eigenvalue weighted by molar-refractivity contribution is 4.86. The molecule has 0 N–H and O–H groups in total. The Morgan fingerprint density at radius 3 is 2.69 bits per heavy atom. The zero-order valence-electron chi connectivity index (χ0n) is 11.2. The first-order chi connectivity index (χ1) is 7.72. The minimum Gasteiger partial charge on any atom is -0.375 e. The van der Waals surface area contributed by atoms with Gasteiger partial charge < -0.3 is 4.74 Å². The molecule has 1 rings (SSSR count). The molecule has 1 heterocycles. The van der Waals surface area contributed by atoms with Gasteiger partial charge in [-0.1, -0.05) is 39.2 Å². The summed E-state index contributed by atoms with van der Waals surface area (Å²) in [6.45, 7) is 10.7. The summed E-state index contributed by atoms with van der Waals surface area (Å²) in [5.74, 6) is 1.48. The van der Waals surface area contributed by atoms with Crippen molar-refractivity contribution in [2.24, 2.45) is 11.8 Å². The molecular weight excluding hydrogens is 196 g/mol. The van der Waals surface area contributed by atoms with Crippen LogP contribution in [0.3, 0.4) is 0 Å². The van der Waals surface area contributed by atoms with E-state index in [2.05, 4.69) is 33.4 Å². The van der Waals surface area contributed by atoms with E-state index in [9.17, 15) is 0 Å². The van der Waals surface area contributed by atoms with Crippen molar-refractivity contribution in [1.29, 1.82) is 0 Å². The Balaban J connectivity index is 2.48. The number of ether oxygens (including phenoxy) is 1. The molecule has 0 bridgehead atoms. The Kier molecular flexibility index (Phi) is 6.12. The van der Waals surface area contributed by atoms with Gasteiger partial charge in [-0.25, -0.2) is 0 Å². The first-order valence-electron chi connectivity index (χ1n) is 6.99. The van der Waals surface area contributed by atoms with Crippen molar-refractivity contribution in [3.63, 3.8) is 0 Å². The van der Waals surface area contributed by atoms with Crippen LogP contribution in [0.15, 0.2) is 12.7 Å². The Morgan fingerprint density at radius 2 is 2.19 bits per heavy atom. The van der Waals surface area contributed by atoms with E-state index in [0.29, 0.717) is 18.1 Å². The normalized spacial score (nSPS) is 31.6. The third-order valence-electron chi connectivity index (χ3n) is 4.04. The summed E-state index contributed by atoms with van der Waals surface area (Å²) in [4.78, 5) is 0. The van der Waals surface area contributed by atoms with Gasteiger partial charge in [-0.15, -0.1) is 6.58 Å². The minimum absolute atomic E-state index is 0.462. The summed E-state index contributed by atoms with van der Waals surface area (Å²) < 4.78 is 6.13. The molecule has 0 saturated carbocycles. The van der Waals surface area contributed by atoms with Crippen LogP contribution in [0, 0.1) is 11.8 Å². The van der Waals surface area contributed by atoms with Crippen LogP contribution in [-0.2, 0) is 4.74 Å². The summed E-state index contributed by atoms with van der Waals surface area (Å²) in [7, 11) is 0. The lowest BCUT2D eigenvalue weighted by Crippen LogP contribution is -2.20. The van der Waals surface area contributed by atoms with Crippen LogP contribution in [0.5, 0.6) is 0 Å². The van der Waals surface area contributed by atoms with Crippen LogP contribution >= 0.6 is 0 Å². The van der Waals surface area contributed by atoms with Crippen LogP contribution in [0.1, 0.15) is 59.3 Å². The Bertz CT molecular complexity index is 200. The van der Waals surface area contributed by atoms with Crippen molar-refractivity contribution in [1.82, 2.24) is 0 Å². The van der Waals surface area contributed by atoms with Crippen molar-refractivity contribution in [2.75, 3.05) is 0 Å². The fourth-order valence-corrected chi connectivity index (χ4v) is 2.87. The summed E-state index contributed by atoms with van der Waals surface area (Å²) in [6, 6.07) is 0. The van der Waals surface area contributed by atoms with E-state index in [1.54, 1.807) is 0 Å². The number of hydrogen-bond acceptors (Lipinski definition) is 1. The van der Waals surface area contributed by atoms with Crippen molar-refractivity contribution in [2.45, 2.75) is 71.5 Å². The quantitative estimate of drug-likeness (QED) is 0.575. The SMILES string of the molecule is C=CCC(CCCC)[C@H]1C[C@@H](CC)C(C)O1. The maximum absolute atomic E-state index is 6.13. The van der Waals surface area contributed by atoms with Gasteiger partial charge in [0.15, 0.2) is 0 Å². The minimum atomic E-state index is 0.462. The maximum Gasteiger partial charge on any atom is 0.0613 e. The average molecular weight is 224 g/mol. The van der Waals surface area contributed by atoms with E-state index in [-0.39, 0.29) is 0 Å². The van der Waals surface area contributed by atoms with Gasteiger partial charge in [0, 0.05) is 0 Å². The fraction of sp³-hybridized carbons (Fsp3) is 0.867. The maximum atomic E-state index is 6.13. The summed E-state index contributed by atoms with van der Waals surface area (Å²) in [6.07, 6.45) is 10.6. The predicted octanol–water partition coefficient (Wildman–Crippen LogP) is 4.57. The molecule has 1 heteroatoms. The molecular formula is C15H28O. The lowest BCUT2D eigenvalue weighted by atomic mass is 9.87. The monoisotopic (exact) mass is 224 g/mol. The van der Waals surface area contributed by atoms with E-state index in [1.165, 1.54) is 32.1 Å². The van der Waals surface area contributed by atoms with E-state index in [4.69, 9.17) is 4.74 Å². The first kappa shape index (κ1) is 13.8. The lowest BCUT2D eigenvalue weighted by molar-refractivity contribution is 0.0106. The van der Waals surface area contributed by atoms with Gasteiger partial charge >= 0.3 is 0 Å². The summed E-state index contributed by atoms with van der Waals surface area (Å²) >= 11 is 0. The highest BCUT2D eigenvalue weighted by Gasteiger charge is 2.34. The molecule has 16 heavy (non-hydrogen) atoms. The molecule has 0 radical (unpaired) electrons. The summed E-state index contributed by atoms with van der Waals surface area (Å²) in [5, 5.41) is 0. The Morgan fingerprint density at radius 1 is 1.44 bits per heavy atom. The van der Waals surface area contributed by atoms with Crippen LogP contribution in [0.2, 0.25) is 0 Å². The van der Waals surface area contributed by atoms with Gasteiger partial charge in [-0.05, 0) is 38.0 Å². The van der Waals surface area contributed by atoms with Crippen LogP contribution in [0.4, 0.5) is 0 Å². The van der Waals surface area contributed by atoms with E-state index >= 15 is 0 Å². The number of allylic oxidation sites excluding steroid dienone is 1. The largest absolute Gasteiger partial charge is 0.375 e. The molecule has 0 aliphatic carbocycles. The molecule has 4 atom stereocenters. The molecule has 0 spiro atoms. The highest BCUT2D eigenvalue weighted by atomic mass is 16.5. The fourth-order valence-electron chi connectivity index (χ4n) is 2.87. The third-order valence-corrected chi connectivity index (χ3v) is 4.04. The molecule has 2 unspecified atom stereocenters. The van der Waals surface area contributed by atoms with Gasteiger partial charge in [0.05, 0.1) is 12.2 Å². The molecule has 1 nitrogen and oxygen atoms in total. The highest BCUT2D eigenvalue weighted by Crippen LogP contribution is 2.35. The zero-order valence-corrected chi connectivity index (χ0v) is 11.2. The van der Waals surface area contributed by atoms with E-state index in [1.807, 2.05) is 0 Å². The van der Waals surface area contributed by atoms with Crippen molar-refractivity contribution in [3.8, 4) is 0 Å². The molecule has 0 aromatic rings. The standard InChI is InChI=1S/C15H28O/c1-5-8-10-14(9-6-2)15-11-13(7-3)12(4)16-15/h6,12-15H,2,5,7-11H2,1,3-4H3/t12?,13-,14?,15-/m1/s1.